The van der Waals surface area contributed by atoms with Gasteiger partial charge in [0.2, 0.25) is 5.95 Å². The molecule has 0 fully saturated rings. The normalized spacial score (nSPS) is 11.8. The van der Waals surface area contributed by atoms with Gasteiger partial charge in [0.15, 0.2) is 11.6 Å². The molecule has 0 atom stereocenters. The molecule has 0 unspecified atom stereocenters. The highest BCUT2D eigenvalue weighted by molar-refractivity contribution is 6.14. The van der Waals surface area contributed by atoms with Crippen LogP contribution in [0.3, 0.4) is 0 Å². The van der Waals surface area contributed by atoms with Crippen molar-refractivity contribution in [2.45, 2.75) is 0 Å². The number of fused-ring (bicyclic) bond motifs is 9. The molecule has 6 heteroatoms. The predicted octanol–water partition coefficient (Wildman–Crippen LogP) is 16.3. The van der Waals surface area contributed by atoms with Crippen LogP contribution in [0.2, 0.25) is 0 Å². The van der Waals surface area contributed by atoms with Gasteiger partial charge in [0.25, 0.3) is 0 Å². The zero-order chi connectivity index (χ0) is 45.4. The van der Waals surface area contributed by atoms with Gasteiger partial charge >= 0.3 is 0 Å². The summed E-state index contributed by atoms with van der Waals surface area (Å²) in [6.07, 6.45) is 0. The second-order valence-electron chi connectivity index (χ2n) is 17.6. The number of hydrogen-bond donors (Lipinski definition) is 0. The first-order valence-corrected chi connectivity index (χ1v) is 23.3. The lowest BCUT2D eigenvalue weighted by Crippen LogP contribution is -2.07. The molecule has 10 aromatic carbocycles. The van der Waals surface area contributed by atoms with Crippen molar-refractivity contribution in [1.29, 1.82) is 0 Å². The van der Waals surface area contributed by atoms with E-state index in [1.165, 1.54) is 10.8 Å². The fraction of sp³-hybridized carbons (Fsp3) is 0. The van der Waals surface area contributed by atoms with Crippen molar-refractivity contribution in [3.63, 3.8) is 0 Å². The van der Waals surface area contributed by atoms with Crippen LogP contribution in [-0.2, 0) is 0 Å². The Kier molecular flexibility index (Phi) is 8.79. The van der Waals surface area contributed by atoms with Gasteiger partial charge in [-0.15, -0.1) is 0 Å². The molecule has 14 aromatic rings. The van der Waals surface area contributed by atoms with Crippen LogP contribution in [-0.4, -0.2) is 24.1 Å². The number of para-hydroxylation sites is 5. The summed E-state index contributed by atoms with van der Waals surface area (Å²) in [6.45, 7) is 0. The first kappa shape index (κ1) is 38.8. The predicted molar refractivity (Wildman–Crippen MR) is 283 cm³/mol. The van der Waals surface area contributed by atoms with Gasteiger partial charge in [-0.2, -0.15) is 9.97 Å². The summed E-state index contributed by atoms with van der Waals surface area (Å²) in [6, 6.07) is 83.4. The third-order valence-electron chi connectivity index (χ3n) is 13.6. The summed E-state index contributed by atoms with van der Waals surface area (Å²) in [5.74, 6) is 1.67. The Bertz CT molecular complexity index is 4260. The third kappa shape index (κ3) is 6.30. The van der Waals surface area contributed by atoms with E-state index in [1.807, 2.05) is 12.1 Å². The molecule has 0 aliphatic heterocycles. The van der Waals surface area contributed by atoms with Gasteiger partial charge in [-0.1, -0.05) is 188 Å². The Morgan fingerprint density at radius 1 is 0.290 bits per heavy atom. The van der Waals surface area contributed by atoms with Crippen LogP contribution >= 0.6 is 0 Å². The molecule has 0 saturated carbocycles. The molecule has 4 heterocycles. The van der Waals surface area contributed by atoms with Gasteiger partial charge in [0, 0.05) is 54.6 Å². The highest BCUT2D eigenvalue weighted by Gasteiger charge is 2.23. The Hall–Kier alpha value is -9.39. The van der Waals surface area contributed by atoms with Gasteiger partial charge in [0.05, 0.1) is 27.8 Å². The van der Waals surface area contributed by atoms with E-state index in [9.17, 15) is 0 Å². The van der Waals surface area contributed by atoms with E-state index in [0.29, 0.717) is 17.6 Å². The molecule has 6 nitrogen and oxygen atoms in total. The number of hydrogen-bond acceptors (Lipinski definition) is 4. The lowest BCUT2D eigenvalue weighted by molar-refractivity contribution is 0.669. The Balaban J connectivity index is 1.03. The lowest BCUT2D eigenvalue weighted by Gasteiger charge is -2.17. The van der Waals surface area contributed by atoms with Crippen molar-refractivity contribution < 1.29 is 4.42 Å². The smallest absolute Gasteiger partial charge is 0.238 e. The number of furan rings is 1. The Labute approximate surface area is 396 Å². The maximum absolute atomic E-state index is 6.21. The van der Waals surface area contributed by atoms with E-state index < -0.39 is 0 Å². The van der Waals surface area contributed by atoms with Crippen LogP contribution < -0.4 is 0 Å². The molecule has 322 valence electrons. The zero-order valence-corrected chi connectivity index (χ0v) is 37.2. The monoisotopic (exact) mass is 881 g/mol. The summed E-state index contributed by atoms with van der Waals surface area (Å²) < 4.78 is 10.8. The number of rotatable bonds is 7. The van der Waals surface area contributed by atoms with E-state index in [0.717, 1.165) is 105 Å². The zero-order valence-electron chi connectivity index (χ0n) is 37.2. The minimum atomic E-state index is 0.534. The minimum absolute atomic E-state index is 0.534. The molecule has 0 bridgehead atoms. The summed E-state index contributed by atoms with van der Waals surface area (Å²) in [5, 5.41) is 6.82. The largest absolute Gasteiger partial charge is 0.456 e. The summed E-state index contributed by atoms with van der Waals surface area (Å²) in [5.41, 5.74) is 15.4. The molecule has 0 radical (unpaired) electrons. The van der Waals surface area contributed by atoms with Crippen molar-refractivity contribution in [3.8, 4) is 67.8 Å². The molecule has 0 aliphatic rings. The first-order chi connectivity index (χ1) is 34.2. The highest BCUT2D eigenvalue weighted by Crippen LogP contribution is 2.41. The topological polar surface area (TPSA) is 61.7 Å². The molecule has 0 amide bonds. The molecule has 0 aliphatic carbocycles. The third-order valence-corrected chi connectivity index (χ3v) is 13.6. The molecule has 0 N–H and O–H groups in total. The van der Waals surface area contributed by atoms with Crippen LogP contribution in [0, 0.1) is 0 Å². The van der Waals surface area contributed by atoms with Crippen molar-refractivity contribution in [2.75, 3.05) is 0 Å². The fourth-order valence-electron chi connectivity index (χ4n) is 10.4. The van der Waals surface area contributed by atoms with E-state index in [4.69, 9.17) is 19.4 Å². The molecular formula is C63H39N5O. The minimum Gasteiger partial charge on any atom is -0.456 e. The number of benzene rings is 10. The van der Waals surface area contributed by atoms with Crippen LogP contribution in [0.5, 0.6) is 0 Å². The van der Waals surface area contributed by atoms with Crippen molar-refractivity contribution in [1.82, 2.24) is 24.1 Å². The number of nitrogens with zero attached hydrogens (tertiary/aromatic N) is 5. The second-order valence-corrected chi connectivity index (χ2v) is 17.6. The molecular weight excluding hydrogens is 843 g/mol. The van der Waals surface area contributed by atoms with Gasteiger partial charge in [-0.05, 0) is 70.8 Å². The maximum atomic E-state index is 6.21. The molecule has 0 saturated heterocycles. The van der Waals surface area contributed by atoms with Crippen molar-refractivity contribution in [2.24, 2.45) is 0 Å². The SMILES string of the molecule is c1ccc(-c2ccc(-c3nc(-c4cccc(-c5ccc6oc7ccccc7c6c5)c4)nc(-n4c5ccccc5c5cccc(-c6ccccc6)c54)n3)cc2-n2c3ccccc3c3ccccc32)cc1. The quantitative estimate of drug-likeness (QED) is 0.160. The van der Waals surface area contributed by atoms with E-state index >= 15 is 0 Å². The lowest BCUT2D eigenvalue weighted by atomic mass is 10.00. The molecule has 4 aromatic heterocycles. The summed E-state index contributed by atoms with van der Waals surface area (Å²) in [7, 11) is 0. The van der Waals surface area contributed by atoms with E-state index in [2.05, 4.69) is 234 Å². The average molecular weight is 882 g/mol. The average Bonchev–Trinajstić information content (AvgIpc) is 4.09. The van der Waals surface area contributed by atoms with Crippen LogP contribution in [0.25, 0.3) is 133 Å². The Morgan fingerprint density at radius 3 is 1.49 bits per heavy atom. The van der Waals surface area contributed by atoms with Crippen LogP contribution in [0.15, 0.2) is 241 Å². The fourth-order valence-corrected chi connectivity index (χ4v) is 10.4. The number of aromatic nitrogens is 5. The Morgan fingerprint density at radius 2 is 0.783 bits per heavy atom. The van der Waals surface area contributed by atoms with Crippen molar-refractivity contribution in [3.05, 3.63) is 237 Å². The molecule has 0 spiro atoms. The molecule has 14 rings (SSSR count). The summed E-state index contributed by atoms with van der Waals surface area (Å²) >= 11 is 0. The van der Waals surface area contributed by atoms with Gasteiger partial charge in [-0.3, -0.25) is 4.57 Å². The van der Waals surface area contributed by atoms with Gasteiger partial charge in [0.1, 0.15) is 11.2 Å². The van der Waals surface area contributed by atoms with E-state index in [-0.39, 0.29) is 0 Å². The highest BCUT2D eigenvalue weighted by atomic mass is 16.3. The van der Waals surface area contributed by atoms with Gasteiger partial charge in [-0.25, -0.2) is 4.98 Å². The van der Waals surface area contributed by atoms with Gasteiger partial charge < -0.3 is 8.98 Å². The van der Waals surface area contributed by atoms with Crippen molar-refractivity contribution >= 4 is 65.6 Å². The van der Waals surface area contributed by atoms with E-state index in [1.54, 1.807) is 0 Å². The summed E-state index contributed by atoms with van der Waals surface area (Å²) in [4.78, 5) is 16.4. The standard InChI is InChI=1S/C63H39N5O/c1-3-17-40(18-4-1)46-35-33-45(39-57(46)67-54-29-11-7-23-48(54)49-24-8-12-30-55(49)67)62-64-61(44-22-15-21-42(37-44)43-34-36-59-53(38-43)51-26-10-14-32-58(51)69-59)65-63(66-62)68-56-31-13-9-25-50(56)52-28-16-27-47(60(52)68)41-19-5-2-6-20-41/h1-39H. The second kappa shape index (κ2) is 15.6. The van der Waals surface area contributed by atoms with Crippen LogP contribution in [0.4, 0.5) is 0 Å². The molecule has 69 heavy (non-hydrogen) atoms. The maximum Gasteiger partial charge on any atom is 0.238 e. The van der Waals surface area contributed by atoms with Crippen LogP contribution in [0.1, 0.15) is 0 Å². The first-order valence-electron chi connectivity index (χ1n) is 23.3.